The van der Waals surface area contributed by atoms with Crippen molar-refractivity contribution in [1.82, 2.24) is 4.90 Å². The third kappa shape index (κ3) is 6.26. The molecule has 2 amide bonds. The Morgan fingerprint density at radius 1 is 1.25 bits per heavy atom. The number of amides is 2. The minimum absolute atomic E-state index is 0.0127. The Morgan fingerprint density at radius 3 is 2.41 bits per heavy atom. The first-order valence-corrected chi connectivity index (χ1v) is 10.2. The first kappa shape index (κ1) is 25.3. The lowest BCUT2D eigenvalue weighted by atomic mass is 10.0. The fraction of sp³-hybridized carbons (Fsp3) is 0.263. The zero-order chi connectivity index (χ0) is 24.2. The Bertz CT molecular complexity index is 1060. The van der Waals surface area contributed by atoms with Crippen molar-refractivity contribution in [2.75, 3.05) is 19.8 Å². The van der Waals surface area contributed by atoms with Crippen LogP contribution in [0.4, 0.5) is 23.7 Å². The van der Waals surface area contributed by atoms with E-state index in [0.29, 0.717) is 6.07 Å². The number of nitrogens with zero attached hydrogens (tertiary/aromatic N) is 2. The predicted octanol–water partition coefficient (Wildman–Crippen LogP) is 5.12. The van der Waals surface area contributed by atoms with Crippen molar-refractivity contribution in [3.05, 3.63) is 62.2 Å². The van der Waals surface area contributed by atoms with E-state index in [1.54, 1.807) is 14.1 Å². The molecule has 0 saturated heterocycles. The van der Waals surface area contributed by atoms with Gasteiger partial charge in [0, 0.05) is 31.5 Å². The summed E-state index contributed by atoms with van der Waals surface area (Å²) in [6.45, 7) is 0. The van der Waals surface area contributed by atoms with Crippen LogP contribution in [0, 0.1) is 10.1 Å². The Hall–Kier alpha value is -2.99. The first-order chi connectivity index (χ1) is 14.8. The summed E-state index contributed by atoms with van der Waals surface area (Å²) in [5.41, 5.74) is 3.36. The number of carbonyl (C=O) groups is 2. The van der Waals surface area contributed by atoms with E-state index in [-0.39, 0.29) is 39.5 Å². The number of carbonyl (C=O) groups excluding carboxylic acids is 2. The van der Waals surface area contributed by atoms with Gasteiger partial charge in [-0.1, -0.05) is 23.4 Å². The average Bonchev–Trinajstić information content (AvgIpc) is 2.67. The summed E-state index contributed by atoms with van der Waals surface area (Å²) in [4.78, 5) is 35.7. The molecule has 0 fully saturated rings. The van der Waals surface area contributed by atoms with Gasteiger partial charge in [-0.15, -0.1) is 0 Å². The second-order valence-electron chi connectivity index (χ2n) is 6.60. The van der Waals surface area contributed by atoms with Gasteiger partial charge < -0.3 is 15.4 Å². The standard InChI is InChI=1S/C19H17ClF3N3O5S/c1-25(2)18(28)32-6-5-10-7-12(9-13(17(24)27)16(10)26(29)30)31-15-4-3-11(8-14(15)20)19(21,22)23/h3-4,7-9H,5-6H2,1-2H3,(H2,24,27). The second-order valence-corrected chi connectivity index (χ2v) is 8.06. The number of nitrogens with two attached hydrogens (primary N) is 1. The van der Waals surface area contributed by atoms with Gasteiger partial charge in [-0.25, -0.2) is 0 Å². The zero-order valence-corrected chi connectivity index (χ0v) is 18.3. The Labute approximate surface area is 189 Å². The van der Waals surface area contributed by atoms with Gasteiger partial charge in [0.1, 0.15) is 17.1 Å². The minimum atomic E-state index is -4.61. The molecule has 0 unspecified atom stereocenters. The molecule has 2 aromatic carbocycles. The number of primary amides is 1. The minimum Gasteiger partial charge on any atom is -0.456 e. The molecule has 0 aliphatic rings. The molecule has 0 aromatic heterocycles. The Kier molecular flexibility index (Phi) is 7.97. The van der Waals surface area contributed by atoms with Crippen molar-refractivity contribution in [1.29, 1.82) is 0 Å². The summed E-state index contributed by atoms with van der Waals surface area (Å²) in [5, 5.41) is 10.9. The van der Waals surface area contributed by atoms with E-state index in [9.17, 15) is 32.9 Å². The molecule has 2 N–H and O–H groups in total. The first-order valence-electron chi connectivity index (χ1n) is 8.81. The van der Waals surface area contributed by atoms with E-state index in [1.165, 1.54) is 11.0 Å². The Morgan fingerprint density at radius 2 is 1.91 bits per heavy atom. The van der Waals surface area contributed by atoms with Crippen LogP contribution in [0.15, 0.2) is 30.3 Å². The lowest BCUT2D eigenvalue weighted by Gasteiger charge is -2.14. The number of halogens is 4. The van der Waals surface area contributed by atoms with Crippen LogP contribution in [0.2, 0.25) is 5.02 Å². The molecule has 8 nitrogen and oxygen atoms in total. The van der Waals surface area contributed by atoms with Crippen molar-refractivity contribution < 1.29 is 32.4 Å². The SMILES string of the molecule is CN(C)C(=O)SCCc1cc(Oc2ccc(C(F)(F)F)cc2Cl)cc(C(N)=O)c1[N+](=O)[O-]. The van der Waals surface area contributed by atoms with Crippen molar-refractivity contribution in [3.63, 3.8) is 0 Å². The van der Waals surface area contributed by atoms with E-state index in [4.69, 9.17) is 22.1 Å². The fourth-order valence-corrected chi connectivity index (χ4v) is 3.56. The molecule has 0 bridgehead atoms. The number of aryl methyl sites for hydroxylation is 1. The van der Waals surface area contributed by atoms with Crippen LogP contribution < -0.4 is 10.5 Å². The van der Waals surface area contributed by atoms with Crippen LogP contribution in [0.25, 0.3) is 0 Å². The number of nitro benzene ring substituents is 1. The highest BCUT2D eigenvalue weighted by Gasteiger charge is 2.31. The van der Waals surface area contributed by atoms with Gasteiger partial charge in [0.15, 0.2) is 0 Å². The Balaban J connectivity index is 2.43. The van der Waals surface area contributed by atoms with E-state index in [0.717, 1.165) is 30.0 Å². The maximum atomic E-state index is 12.8. The maximum Gasteiger partial charge on any atom is 0.416 e. The molecule has 172 valence electrons. The number of hydrogen-bond acceptors (Lipinski definition) is 6. The zero-order valence-electron chi connectivity index (χ0n) is 16.7. The van der Waals surface area contributed by atoms with Crippen LogP contribution in [0.5, 0.6) is 11.5 Å². The number of benzene rings is 2. The topological polar surface area (TPSA) is 116 Å². The van der Waals surface area contributed by atoms with E-state index in [2.05, 4.69) is 0 Å². The van der Waals surface area contributed by atoms with Crippen molar-refractivity contribution in [2.24, 2.45) is 5.73 Å². The van der Waals surface area contributed by atoms with Crippen LogP contribution >= 0.6 is 23.4 Å². The molecule has 0 saturated carbocycles. The molecule has 2 rings (SSSR count). The molecule has 13 heteroatoms. The van der Waals surface area contributed by atoms with Crippen LogP contribution in [-0.4, -0.2) is 40.8 Å². The maximum absolute atomic E-state index is 12.8. The van der Waals surface area contributed by atoms with Gasteiger partial charge in [-0.3, -0.25) is 19.7 Å². The number of rotatable bonds is 7. The number of ether oxygens (including phenoxy) is 1. The summed E-state index contributed by atoms with van der Waals surface area (Å²) >= 11 is 6.80. The summed E-state index contributed by atoms with van der Waals surface area (Å²) < 4.78 is 44.0. The van der Waals surface area contributed by atoms with Gasteiger partial charge in [0.05, 0.1) is 15.5 Å². The lowest BCUT2D eigenvalue weighted by Crippen LogP contribution is -2.17. The summed E-state index contributed by atoms with van der Waals surface area (Å²) in [5.74, 6) is -1.20. The van der Waals surface area contributed by atoms with E-state index in [1.807, 2.05) is 0 Å². The normalized spacial score (nSPS) is 11.2. The molecule has 0 aliphatic carbocycles. The van der Waals surface area contributed by atoms with Crippen LogP contribution in [0.1, 0.15) is 21.5 Å². The number of hydrogen-bond donors (Lipinski definition) is 1. The number of thioether (sulfide) groups is 1. The van der Waals surface area contributed by atoms with Gasteiger partial charge in [0.2, 0.25) is 0 Å². The number of alkyl halides is 3. The summed E-state index contributed by atoms with van der Waals surface area (Å²) in [7, 11) is 3.09. The molecule has 2 aromatic rings. The van der Waals surface area contributed by atoms with Gasteiger partial charge >= 0.3 is 6.18 Å². The van der Waals surface area contributed by atoms with Crippen molar-refractivity contribution >= 4 is 40.2 Å². The third-order valence-corrected chi connectivity index (χ3v) is 5.38. The average molecular weight is 492 g/mol. The molecule has 0 atom stereocenters. The number of nitro groups is 1. The van der Waals surface area contributed by atoms with Crippen molar-refractivity contribution in [2.45, 2.75) is 12.6 Å². The monoisotopic (exact) mass is 491 g/mol. The predicted molar refractivity (Wildman–Crippen MR) is 113 cm³/mol. The fourth-order valence-electron chi connectivity index (χ4n) is 2.58. The largest absolute Gasteiger partial charge is 0.456 e. The van der Waals surface area contributed by atoms with Gasteiger partial charge in [-0.2, -0.15) is 13.2 Å². The summed E-state index contributed by atoms with van der Waals surface area (Å²) in [6.07, 6.45) is -4.59. The highest BCUT2D eigenvalue weighted by atomic mass is 35.5. The third-order valence-electron chi connectivity index (χ3n) is 4.06. The molecule has 0 heterocycles. The van der Waals surface area contributed by atoms with Crippen LogP contribution in [0.3, 0.4) is 0 Å². The summed E-state index contributed by atoms with van der Waals surface area (Å²) in [6, 6.07) is 4.67. The molecule has 0 spiro atoms. The van der Waals surface area contributed by atoms with E-state index < -0.39 is 33.8 Å². The van der Waals surface area contributed by atoms with Gasteiger partial charge in [-0.05, 0) is 30.7 Å². The quantitative estimate of drug-likeness (QED) is 0.424. The molecule has 0 radical (unpaired) electrons. The van der Waals surface area contributed by atoms with Gasteiger partial charge in [0.25, 0.3) is 16.8 Å². The van der Waals surface area contributed by atoms with E-state index >= 15 is 0 Å². The van der Waals surface area contributed by atoms with Crippen LogP contribution in [-0.2, 0) is 12.6 Å². The molecular weight excluding hydrogens is 475 g/mol. The highest BCUT2D eigenvalue weighted by Crippen LogP contribution is 2.38. The molecule has 32 heavy (non-hydrogen) atoms. The smallest absolute Gasteiger partial charge is 0.416 e. The second kappa shape index (κ2) is 10.1. The molecule has 0 aliphatic heterocycles. The lowest BCUT2D eigenvalue weighted by molar-refractivity contribution is -0.385. The highest BCUT2D eigenvalue weighted by molar-refractivity contribution is 8.13. The van der Waals surface area contributed by atoms with Crippen molar-refractivity contribution in [3.8, 4) is 11.5 Å². The molecular formula is C19H17ClF3N3O5S.